The highest BCUT2D eigenvalue weighted by molar-refractivity contribution is 5.81. The Morgan fingerprint density at radius 2 is 2.14 bits per heavy atom. The van der Waals surface area contributed by atoms with Gasteiger partial charge in [-0.05, 0) is 12.1 Å². The molecular weight excluding hydrogens is 279 g/mol. The highest BCUT2D eigenvalue weighted by Crippen LogP contribution is 2.30. The smallest absolute Gasteiger partial charge is 0.272 e. The Kier molecular flexibility index (Phi) is 2.98. The van der Waals surface area contributed by atoms with Crippen molar-refractivity contribution < 1.29 is 14.1 Å². The maximum atomic E-state index is 13.8. The quantitative estimate of drug-likeness (QED) is 0.546. The second kappa shape index (κ2) is 4.82. The van der Waals surface area contributed by atoms with E-state index in [0.29, 0.717) is 11.0 Å². The Morgan fingerprint density at radius 3 is 2.86 bits per heavy atom. The van der Waals surface area contributed by atoms with Crippen LogP contribution in [0.1, 0.15) is 0 Å². The molecule has 0 radical (unpaired) electrons. The van der Waals surface area contributed by atoms with E-state index in [0.717, 1.165) is 6.07 Å². The van der Waals surface area contributed by atoms with Gasteiger partial charge in [-0.1, -0.05) is 0 Å². The minimum absolute atomic E-state index is 0.135. The summed E-state index contributed by atoms with van der Waals surface area (Å²) in [6.07, 6.45) is 3.08. The number of hydrogen-bond donors (Lipinski definition) is 0. The number of halogens is 1. The molecule has 0 aliphatic heterocycles. The molecule has 0 unspecified atom stereocenters. The van der Waals surface area contributed by atoms with E-state index in [1.807, 2.05) is 7.05 Å². The van der Waals surface area contributed by atoms with Crippen LogP contribution in [-0.4, -0.2) is 19.5 Å². The van der Waals surface area contributed by atoms with E-state index in [4.69, 9.17) is 4.74 Å². The van der Waals surface area contributed by atoms with Crippen LogP contribution in [0.4, 0.5) is 10.1 Å². The summed E-state index contributed by atoms with van der Waals surface area (Å²) in [7, 11) is 1.81. The fourth-order valence-corrected chi connectivity index (χ4v) is 1.93. The summed E-state index contributed by atoms with van der Waals surface area (Å²) in [5, 5.41) is 11.2. The molecule has 3 rings (SSSR count). The van der Waals surface area contributed by atoms with Gasteiger partial charge in [0, 0.05) is 19.3 Å². The van der Waals surface area contributed by atoms with E-state index in [1.54, 1.807) is 16.8 Å². The number of aryl methyl sites for hydroxylation is 1. The molecule has 0 saturated carbocycles. The molecule has 0 spiro atoms. The molecule has 0 saturated heterocycles. The van der Waals surface area contributed by atoms with Gasteiger partial charge in [-0.25, -0.2) is 14.4 Å². The maximum absolute atomic E-state index is 13.8. The second-order valence-electron chi connectivity index (χ2n) is 4.32. The van der Waals surface area contributed by atoms with Gasteiger partial charge in [0.05, 0.1) is 16.4 Å². The third kappa shape index (κ3) is 2.27. The van der Waals surface area contributed by atoms with Crippen LogP contribution >= 0.6 is 0 Å². The first-order chi connectivity index (χ1) is 10.1. The molecular formula is C13H9FN4O3. The van der Waals surface area contributed by atoms with Crippen LogP contribution in [0, 0.1) is 15.9 Å². The van der Waals surface area contributed by atoms with Crippen LogP contribution in [0.5, 0.6) is 11.6 Å². The number of non-ortho nitro benzene ring substituents is 1. The number of nitro groups is 1. The number of rotatable bonds is 3. The fraction of sp³-hybridized carbons (Fsp3) is 0.0769. The van der Waals surface area contributed by atoms with Gasteiger partial charge >= 0.3 is 0 Å². The maximum Gasteiger partial charge on any atom is 0.272 e. The van der Waals surface area contributed by atoms with Crippen molar-refractivity contribution in [2.24, 2.45) is 7.05 Å². The average molecular weight is 288 g/mol. The number of hydrogen-bond acceptors (Lipinski definition) is 5. The van der Waals surface area contributed by atoms with Gasteiger partial charge in [-0.3, -0.25) is 10.1 Å². The predicted molar refractivity (Wildman–Crippen MR) is 71.6 cm³/mol. The molecule has 7 nitrogen and oxygen atoms in total. The lowest BCUT2D eigenvalue weighted by Gasteiger charge is -2.06. The minimum atomic E-state index is -0.827. The number of aromatic nitrogens is 3. The van der Waals surface area contributed by atoms with Crippen molar-refractivity contribution in [1.29, 1.82) is 0 Å². The summed E-state index contributed by atoms with van der Waals surface area (Å²) >= 11 is 0. The molecule has 106 valence electrons. The zero-order chi connectivity index (χ0) is 15.0. The molecule has 0 amide bonds. The van der Waals surface area contributed by atoms with Gasteiger partial charge in [0.1, 0.15) is 12.0 Å². The molecule has 2 heterocycles. The van der Waals surface area contributed by atoms with Crippen molar-refractivity contribution in [2.45, 2.75) is 0 Å². The van der Waals surface area contributed by atoms with Crippen molar-refractivity contribution in [3.05, 3.63) is 52.7 Å². The van der Waals surface area contributed by atoms with Crippen LogP contribution in [0.3, 0.4) is 0 Å². The van der Waals surface area contributed by atoms with Gasteiger partial charge in [-0.15, -0.1) is 0 Å². The zero-order valence-electron chi connectivity index (χ0n) is 10.9. The number of nitrogens with zero attached hydrogens (tertiary/aromatic N) is 4. The van der Waals surface area contributed by atoms with Gasteiger partial charge in [0.25, 0.3) is 5.69 Å². The summed E-state index contributed by atoms with van der Waals surface area (Å²) in [5.74, 6) is -0.773. The summed E-state index contributed by atoms with van der Waals surface area (Å²) in [4.78, 5) is 18.0. The minimum Gasteiger partial charge on any atom is -0.435 e. The SMILES string of the molecule is Cn1ccc2c(Oc3ccc([N+](=O)[O-])cc3F)ncnc21. The van der Waals surface area contributed by atoms with Crippen molar-refractivity contribution in [1.82, 2.24) is 14.5 Å². The first kappa shape index (κ1) is 13.0. The first-order valence-electron chi connectivity index (χ1n) is 5.94. The Bertz CT molecular complexity index is 847. The van der Waals surface area contributed by atoms with E-state index in [-0.39, 0.29) is 17.3 Å². The Morgan fingerprint density at radius 1 is 1.33 bits per heavy atom. The molecule has 0 N–H and O–H groups in total. The number of benzene rings is 1. The average Bonchev–Trinajstić information content (AvgIpc) is 2.84. The lowest BCUT2D eigenvalue weighted by molar-refractivity contribution is -0.385. The standard InChI is InChI=1S/C13H9FN4O3/c1-17-5-4-9-12(17)15-7-16-13(9)21-11-3-2-8(18(19)20)6-10(11)14/h2-7H,1H3. The number of ether oxygens (including phenoxy) is 1. The second-order valence-corrected chi connectivity index (χ2v) is 4.32. The number of nitro benzene ring substituents is 1. The molecule has 0 bridgehead atoms. The van der Waals surface area contributed by atoms with Gasteiger partial charge in [0.2, 0.25) is 5.88 Å². The molecule has 1 aromatic carbocycles. The highest BCUT2D eigenvalue weighted by atomic mass is 19.1. The zero-order valence-corrected chi connectivity index (χ0v) is 10.9. The van der Waals surface area contributed by atoms with E-state index in [1.165, 1.54) is 18.5 Å². The van der Waals surface area contributed by atoms with E-state index >= 15 is 0 Å². The van der Waals surface area contributed by atoms with Crippen LogP contribution in [0.2, 0.25) is 0 Å². The molecule has 0 fully saturated rings. The molecule has 2 aromatic heterocycles. The van der Waals surface area contributed by atoms with Crippen LogP contribution < -0.4 is 4.74 Å². The lowest BCUT2D eigenvalue weighted by atomic mass is 10.3. The Balaban J connectivity index is 2.01. The van der Waals surface area contributed by atoms with Crippen molar-refractivity contribution >= 4 is 16.7 Å². The summed E-state index contributed by atoms with van der Waals surface area (Å²) in [6.45, 7) is 0. The molecule has 0 atom stereocenters. The van der Waals surface area contributed by atoms with E-state index < -0.39 is 10.7 Å². The van der Waals surface area contributed by atoms with Gasteiger partial charge < -0.3 is 9.30 Å². The van der Waals surface area contributed by atoms with Crippen molar-refractivity contribution in [3.8, 4) is 11.6 Å². The fourth-order valence-electron chi connectivity index (χ4n) is 1.93. The van der Waals surface area contributed by atoms with Gasteiger partial charge in [-0.2, -0.15) is 0 Å². The normalized spacial score (nSPS) is 10.8. The summed E-state index contributed by atoms with van der Waals surface area (Å²) in [5.41, 5.74) is 0.301. The molecule has 3 aromatic rings. The third-order valence-electron chi connectivity index (χ3n) is 2.96. The Labute approximate surface area is 117 Å². The monoisotopic (exact) mass is 288 g/mol. The topological polar surface area (TPSA) is 83.1 Å². The predicted octanol–water partition coefficient (Wildman–Crippen LogP) is 2.81. The van der Waals surface area contributed by atoms with Crippen LogP contribution in [-0.2, 0) is 7.05 Å². The van der Waals surface area contributed by atoms with Crippen molar-refractivity contribution in [3.63, 3.8) is 0 Å². The molecule has 8 heteroatoms. The third-order valence-corrected chi connectivity index (χ3v) is 2.96. The van der Waals surface area contributed by atoms with Crippen LogP contribution in [0.25, 0.3) is 11.0 Å². The van der Waals surface area contributed by atoms with Crippen molar-refractivity contribution in [2.75, 3.05) is 0 Å². The Hall–Kier alpha value is -3.03. The van der Waals surface area contributed by atoms with Gasteiger partial charge in [0.15, 0.2) is 11.6 Å². The summed E-state index contributed by atoms with van der Waals surface area (Å²) in [6, 6.07) is 4.92. The van der Waals surface area contributed by atoms with E-state index in [2.05, 4.69) is 9.97 Å². The molecule has 0 aliphatic rings. The highest BCUT2D eigenvalue weighted by Gasteiger charge is 2.15. The van der Waals surface area contributed by atoms with E-state index in [9.17, 15) is 14.5 Å². The largest absolute Gasteiger partial charge is 0.435 e. The van der Waals surface area contributed by atoms with Crippen LogP contribution in [0.15, 0.2) is 36.8 Å². The molecule has 0 aliphatic carbocycles. The summed E-state index contributed by atoms with van der Waals surface area (Å²) < 4.78 is 21.0. The first-order valence-corrected chi connectivity index (χ1v) is 5.94. The number of fused-ring (bicyclic) bond motifs is 1. The lowest BCUT2D eigenvalue weighted by Crippen LogP contribution is -1.95. The molecule has 21 heavy (non-hydrogen) atoms.